The molecular formula is C29H31NO2S. The van der Waals surface area contributed by atoms with Crippen LogP contribution in [0.3, 0.4) is 0 Å². The molecule has 1 aliphatic carbocycles. The van der Waals surface area contributed by atoms with Crippen molar-refractivity contribution < 1.29 is 8.42 Å². The second-order valence-corrected chi connectivity index (χ2v) is 11.4. The van der Waals surface area contributed by atoms with E-state index in [0.29, 0.717) is 17.4 Å². The quantitative estimate of drug-likeness (QED) is 0.473. The summed E-state index contributed by atoms with van der Waals surface area (Å²) < 4.78 is 29.3. The molecule has 0 spiro atoms. The van der Waals surface area contributed by atoms with E-state index in [0.717, 1.165) is 30.4 Å². The second-order valence-electron chi connectivity index (χ2n) is 9.49. The fraction of sp³-hybridized carbons (Fsp3) is 0.310. The summed E-state index contributed by atoms with van der Waals surface area (Å²) >= 11 is 0. The molecule has 3 atom stereocenters. The minimum absolute atomic E-state index is 0.163. The van der Waals surface area contributed by atoms with Gasteiger partial charge in [-0.3, -0.25) is 0 Å². The molecule has 0 radical (unpaired) electrons. The summed E-state index contributed by atoms with van der Waals surface area (Å²) in [6, 6.07) is 24.1. The van der Waals surface area contributed by atoms with Crippen LogP contribution in [0.25, 0.3) is 6.08 Å². The van der Waals surface area contributed by atoms with Gasteiger partial charge in [0.25, 0.3) is 0 Å². The lowest BCUT2D eigenvalue weighted by Gasteiger charge is -2.46. The Balaban J connectivity index is 1.55. The third kappa shape index (κ3) is 4.30. The van der Waals surface area contributed by atoms with E-state index in [-0.39, 0.29) is 12.0 Å². The van der Waals surface area contributed by atoms with Gasteiger partial charge in [-0.15, -0.1) is 0 Å². The molecule has 0 bridgehead atoms. The minimum Gasteiger partial charge on any atom is -0.207 e. The number of sulfonamides is 1. The van der Waals surface area contributed by atoms with Crippen LogP contribution >= 0.6 is 0 Å². The Bertz CT molecular complexity index is 1260. The lowest BCUT2D eigenvalue weighted by Crippen LogP contribution is -2.51. The van der Waals surface area contributed by atoms with Gasteiger partial charge in [0, 0.05) is 12.6 Å². The lowest BCUT2D eigenvalue weighted by molar-refractivity contribution is 0.166. The van der Waals surface area contributed by atoms with Crippen molar-refractivity contribution in [3.8, 4) is 0 Å². The first kappa shape index (κ1) is 22.1. The van der Waals surface area contributed by atoms with Crippen molar-refractivity contribution >= 4 is 16.1 Å². The Labute approximate surface area is 197 Å². The van der Waals surface area contributed by atoms with Crippen molar-refractivity contribution in [3.05, 3.63) is 107 Å². The maximum Gasteiger partial charge on any atom is 0.243 e. The molecule has 1 fully saturated rings. The van der Waals surface area contributed by atoms with Gasteiger partial charge in [-0.1, -0.05) is 83.9 Å². The van der Waals surface area contributed by atoms with E-state index >= 15 is 0 Å². The summed E-state index contributed by atoms with van der Waals surface area (Å²) in [5.41, 5.74) is 6.30. The van der Waals surface area contributed by atoms with Gasteiger partial charge < -0.3 is 0 Å². The zero-order chi connectivity index (χ0) is 23.0. The maximum atomic E-state index is 13.8. The van der Waals surface area contributed by atoms with Crippen LogP contribution in [-0.2, 0) is 16.4 Å². The number of piperidine rings is 1. The van der Waals surface area contributed by atoms with Crippen LogP contribution in [0.1, 0.15) is 46.6 Å². The van der Waals surface area contributed by atoms with Gasteiger partial charge >= 0.3 is 0 Å². The summed E-state index contributed by atoms with van der Waals surface area (Å²) in [5.74, 6) is 0.664. The molecule has 0 amide bonds. The molecule has 3 aromatic carbocycles. The lowest BCUT2D eigenvalue weighted by atomic mass is 9.68. The Morgan fingerprint density at radius 3 is 2.36 bits per heavy atom. The largest absolute Gasteiger partial charge is 0.243 e. The summed E-state index contributed by atoms with van der Waals surface area (Å²) in [7, 11) is -3.59. The second kappa shape index (κ2) is 8.92. The van der Waals surface area contributed by atoms with Gasteiger partial charge in [0.15, 0.2) is 0 Å². The maximum absolute atomic E-state index is 13.8. The van der Waals surface area contributed by atoms with E-state index in [1.165, 1.54) is 16.7 Å². The van der Waals surface area contributed by atoms with Crippen LogP contribution in [0.2, 0.25) is 0 Å². The molecule has 5 rings (SSSR count). The predicted octanol–water partition coefficient (Wildman–Crippen LogP) is 6.13. The molecule has 0 aromatic heterocycles. The minimum atomic E-state index is -3.59. The molecule has 0 N–H and O–H groups in total. The monoisotopic (exact) mass is 457 g/mol. The molecule has 3 nitrogen and oxygen atoms in total. The molecule has 33 heavy (non-hydrogen) atoms. The van der Waals surface area contributed by atoms with Gasteiger partial charge in [0.2, 0.25) is 10.0 Å². The molecule has 4 heteroatoms. The summed E-state index contributed by atoms with van der Waals surface area (Å²) in [6.45, 7) is 4.66. The third-order valence-electron chi connectivity index (χ3n) is 7.31. The van der Waals surface area contributed by atoms with E-state index in [1.807, 2.05) is 37.3 Å². The van der Waals surface area contributed by atoms with E-state index in [2.05, 4.69) is 49.4 Å². The summed E-state index contributed by atoms with van der Waals surface area (Å²) in [5, 5.41) is 0. The number of aryl methyl sites for hydroxylation is 3. The molecule has 3 aromatic rings. The fourth-order valence-electron chi connectivity index (χ4n) is 5.59. The molecule has 1 saturated heterocycles. The van der Waals surface area contributed by atoms with E-state index in [9.17, 15) is 8.42 Å². The number of hydrogen-bond donors (Lipinski definition) is 0. The Kier molecular flexibility index (Phi) is 5.98. The molecule has 0 saturated carbocycles. The van der Waals surface area contributed by atoms with Crippen LogP contribution in [0.4, 0.5) is 0 Å². The first-order chi connectivity index (χ1) is 15.9. The van der Waals surface area contributed by atoms with Gasteiger partial charge in [-0.2, -0.15) is 4.31 Å². The normalized spacial score (nSPS) is 23.3. The number of rotatable bonds is 4. The Hall–Kier alpha value is -2.69. The summed E-state index contributed by atoms with van der Waals surface area (Å²) in [4.78, 5) is 0.386. The van der Waals surface area contributed by atoms with Gasteiger partial charge in [0.05, 0.1) is 4.90 Å². The number of nitrogens with zero attached hydrogens (tertiary/aromatic N) is 1. The van der Waals surface area contributed by atoms with Gasteiger partial charge in [-0.25, -0.2) is 8.42 Å². The zero-order valence-corrected chi connectivity index (χ0v) is 20.1. The van der Waals surface area contributed by atoms with Crippen LogP contribution in [0, 0.1) is 19.8 Å². The average Bonchev–Trinajstić information content (AvgIpc) is 2.83. The van der Waals surface area contributed by atoms with Crippen molar-refractivity contribution in [2.75, 3.05) is 6.54 Å². The van der Waals surface area contributed by atoms with Crippen LogP contribution in [-0.4, -0.2) is 25.3 Å². The fourth-order valence-corrected chi connectivity index (χ4v) is 7.23. The third-order valence-corrected chi connectivity index (χ3v) is 9.22. The van der Waals surface area contributed by atoms with Crippen LogP contribution in [0.5, 0.6) is 0 Å². The number of benzene rings is 3. The van der Waals surface area contributed by atoms with E-state index in [1.54, 1.807) is 16.4 Å². The standard InChI is InChI=1S/C29H31NO2S/c1-21-9-14-25(15-10-21)33(31,32)30-19-18-26-27(16-13-24-12-8-22(2)20-28(24)26)29(30)17-11-23-6-4-3-5-7-23/h3-12,14-15,17,20,26-27,29H,13,16,18-19H2,1-2H3/b17-11+/t26-,27+,29+/m1/s1. The molecule has 1 heterocycles. The average molecular weight is 458 g/mol. The van der Waals surface area contributed by atoms with Crippen molar-refractivity contribution in [3.63, 3.8) is 0 Å². The molecule has 170 valence electrons. The highest BCUT2D eigenvalue weighted by molar-refractivity contribution is 7.89. The van der Waals surface area contributed by atoms with Crippen LogP contribution < -0.4 is 0 Å². The van der Waals surface area contributed by atoms with Gasteiger partial charge in [-0.05, 0) is 73.8 Å². The van der Waals surface area contributed by atoms with Crippen molar-refractivity contribution in [2.24, 2.45) is 5.92 Å². The van der Waals surface area contributed by atoms with Crippen LogP contribution in [0.15, 0.2) is 83.8 Å². The van der Waals surface area contributed by atoms with Crippen molar-refractivity contribution in [1.29, 1.82) is 0 Å². The topological polar surface area (TPSA) is 37.4 Å². The number of fused-ring (bicyclic) bond motifs is 3. The first-order valence-electron chi connectivity index (χ1n) is 11.8. The smallest absolute Gasteiger partial charge is 0.207 e. The highest BCUT2D eigenvalue weighted by Gasteiger charge is 2.44. The van der Waals surface area contributed by atoms with E-state index < -0.39 is 10.0 Å². The van der Waals surface area contributed by atoms with Gasteiger partial charge in [0.1, 0.15) is 0 Å². The van der Waals surface area contributed by atoms with E-state index in [4.69, 9.17) is 0 Å². The summed E-state index contributed by atoms with van der Waals surface area (Å²) in [6.07, 6.45) is 7.10. The zero-order valence-electron chi connectivity index (χ0n) is 19.3. The predicted molar refractivity (Wildman–Crippen MR) is 135 cm³/mol. The molecule has 1 aliphatic heterocycles. The Morgan fingerprint density at radius 2 is 1.61 bits per heavy atom. The number of hydrogen-bond acceptors (Lipinski definition) is 2. The first-order valence-corrected chi connectivity index (χ1v) is 13.3. The Morgan fingerprint density at radius 1 is 0.879 bits per heavy atom. The molecule has 2 aliphatic rings. The highest BCUT2D eigenvalue weighted by Crippen LogP contribution is 2.46. The SMILES string of the molecule is Cc1ccc(S(=O)(=O)N2CC[C@H]3c4cc(C)ccc4CC[C@@H]3[C@@H]2/C=C/c2ccccc2)cc1. The highest BCUT2D eigenvalue weighted by atomic mass is 32.2. The van der Waals surface area contributed by atoms with Crippen molar-refractivity contribution in [2.45, 2.75) is 50.0 Å². The molecular weight excluding hydrogens is 426 g/mol. The van der Waals surface area contributed by atoms with Crippen molar-refractivity contribution in [1.82, 2.24) is 4.31 Å². The molecule has 0 unspecified atom stereocenters.